The maximum absolute atomic E-state index is 12.5. The van der Waals surface area contributed by atoms with Gasteiger partial charge in [-0.05, 0) is 0 Å². The average Bonchev–Trinajstić information content (AvgIpc) is 2.68. The highest BCUT2D eigenvalue weighted by Crippen LogP contribution is 2.32. The van der Waals surface area contributed by atoms with Crippen molar-refractivity contribution in [2.75, 3.05) is 5.75 Å². The van der Waals surface area contributed by atoms with Crippen LogP contribution in [0, 0.1) is 5.92 Å². The van der Waals surface area contributed by atoms with Gasteiger partial charge in [0.1, 0.15) is 11.4 Å². The summed E-state index contributed by atoms with van der Waals surface area (Å²) in [6.45, 7) is 0. The Bertz CT molecular complexity index is 353. The molecule has 0 aromatic carbocycles. The van der Waals surface area contributed by atoms with Crippen molar-refractivity contribution in [2.45, 2.75) is 10.5 Å². The third kappa shape index (κ3) is 3.52. The molecule has 0 aliphatic carbocycles. The zero-order chi connectivity index (χ0) is 12.2. The summed E-state index contributed by atoms with van der Waals surface area (Å²) < 4.78 is 37.8. The lowest BCUT2D eigenvalue weighted by Crippen LogP contribution is -2.37. The fourth-order valence-corrected chi connectivity index (χ4v) is 2.46. The molecule has 0 radical (unpaired) electrons. The van der Waals surface area contributed by atoms with Gasteiger partial charge in [0.2, 0.25) is 0 Å². The van der Waals surface area contributed by atoms with Gasteiger partial charge in [0.05, 0.1) is 0 Å². The van der Waals surface area contributed by atoms with E-state index in [1.807, 2.05) is 0 Å². The van der Waals surface area contributed by atoms with Gasteiger partial charge in [0.15, 0.2) is 10.2 Å². The summed E-state index contributed by atoms with van der Waals surface area (Å²) in [6, 6.07) is 0. The molecular weight excluding hydrogens is 265 g/mol. The number of nitrogens with two attached hydrogens (primary N) is 1. The molecule has 0 aliphatic rings. The molecule has 3 N–H and O–H groups in total. The molecule has 0 saturated heterocycles. The van der Waals surface area contributed by atoms with Crippen LogP contribution in [0.4, 0.5) is 13.2 Å². The number of amidine groups is 1. The molecule has 0 amide bonds. The molecule has 0 spiro atoms. The summed E-state index contributed by atoms with van der Waals surface area (Å²) in [6.07, 6.45) is -4.55. The summed E-state index contributed by atoms with van der Waals surface area (Å²) in [5.41, 5.74) is 6.39. The van der Waals surface area contributed by atoms with Crippen molar-refractivity contribution in [1.29, 1.82) is 0 Å². The van der Waals surface area contributed by atoms with Crippen LogP contribution < -0.4 is 5.73 Å². The maximum atomic E-state index is 12.5. The first kappa shape index (κ1) is 13.0. The van der Waals surface area contributed by atoms with Crippen molar-refractivity contribution in [2.24, 2.45) is 16.8 Å². The molecule has 1 heterocycles. The fraction of sp³-hybridized carbons (Fsp3) is 0.500. The highest BCUT2D eigenvalue weighted by atomic mass is 32.2. The van der Waals surface area contributed by atoms with Crippen molar-refractivity contribution in [3.8, 4) is 0 Å². The minimum atomic E-state index is -4.55. The number of oxime groups is 1. The molecule has 1 atom stereocenters. The van der Waals surface area contributed by atoms with Gasteiger partial charge in [-0.3, -0.25) is 0 Å². The Labute approximate surface area is 96.5 Å². The lowest BCUT2D eigenvalue weighted by Gasteiger charge is -2.17. The minimum absolute atomic E-state index is 0.394. The van der Waals surface area contributed by atoms with Gasteiger partial charge in [-0.15, -0.1) is 10.2 Å². The molecule has 1 rings (SSSR count). The zero-order valence-corrected chi connectivity index (χ0v) is 9.31. The van der Waals surface area contributed by atoms with Crippen molar-refractivity contribution < 1.29 is 18.4 Å². The average molecular weight is 272 g/mol. The Morgan fingerprint density at radius 2 is 2.38 bits per heavy atom. The van der Waals surface area contributed by atoms with E-state index in [4.69, 9.17) is 10.9 Å². The van der Waals surface area contributed by atoms with Crippen molar-refractivity contribution in [1.82, 2.24) is 10.2 Å². The van der Waals surface area contributed by atoms with E-state index in [0.29, 0.717) is 4.34 Å². The number of nitrogens with zero attached hydrogens (tertiary/aromatic N) is 3. The van der Waals surface area contributed by atoms with Crippen LogP contribution >= 0.6 is 23.1 Å². The monoisotopic (exact) mass is 272 g/mol. The molecule has 5 nitrogen and oxygen atoms in total. The van der Waals surface area contributed by atoms with E-state index >= 15 is 0 Å². The van der Waals surface area contributed by atoms with Gasteiger partial charge in [0.25, 0.3) is 0 Å². The Kier molecular flexibility index (Phi) is 4.35. The number of hydrogen-bond donors (Lipinski definition) is 2. The first-order valence-corrected chi connectivity index (χ1v) is 5.74. The van der Waals surface area contributed by atoms with Crippen LogP contribution in [-0.4, -0.2) is 33.2 Å². The molecule has 16 heavy (non-hydrogen) atoms. The van der Waals surface area contributed by atoms with Crippen LogP contribution in [0.1, 0.15) is 0 Å². The maximum Gasteiger partial charge on any atom is 0.399 e. The molecule has 1 aromatic heterocycles. The summed E-state index contributed by atoms with van der Waals surface area (Å²) >= 11 is 1.98. The smallest absolute Gasteiger partial charge is 0.399 e. The molecule has 0 bridgehead atoms. The van der Waals surface area contributed by atoms with Crippen LogP contribution in [0.2, 0.25) is 0 Å². The van der Waals surface area contributed by atoms with Gasteiger partial charge in [0, 0.05) is 5.75 Å². The van der Waals surface area contributed by atoms with Crippen LogP contribution in [0.5, 0.6) is 0 Å². The third-order valence-electron chi connectivity index (χ3n) is 1.58. The van der Waals surface area contributed by atoms with Crippen LogP contribution in [-0.2, 0) is 0 Å². The summed E-state index contributed by atoms with van der Waals surface area (Å²) in [5, 5.41) is 17.7. The second-order valence-corrected chi connectivity index (χ2v) is 4.74. The van der Waals surface area contributed by atoms with E-state index in [0.717, 1.165) is 23.1 Å². The largest absolute Gasteiger partial charge is 0.409 e. The van der Waals surface area contributed by atoms with E-state index in [9.17, 15) is 13.2 Å². The second-order valence-electron chi connectivity index (χ2n) is 2.63. The number of rotatable bonds is 4. The Morgan fingerprint density at radius 3 is 2.81 bits per heavy atom. The highest BCUT2D eigenvalue weighted by molar-refractivity contribution is 8.01. The summed E-state index contributed by atoms with van der Waals surface area (Å²) in [7, 11) is 0. The SMILES string of the molecule is NC(=NO)C(CSc1nncs1)C(F)(F)F. The van der Waals surface area contributed by atoms with Crippen LogP contribution in [0.25, 0.3) is 0 Å². The third-order valence-corrected chi connectivity index (χ3v) is 3.53. The van der Waals surface area contributed by atoms with E-state index in [-0.39, 0.29) is 0 Å². The topological polar surface area (TPSA) is 84.4 Å². The molecule has 1 aromatic rings. The molecule has 0 saturated carbocycles. The van der Waals surface area contributed by atoms with Crippen molar-refractivity contribution >= 4 is 28.9 Å². The number of hydrogen-bond acceptors (Lipinski definition) is 6. The lowest BCUT2D eigenvalue weighted by molar-refractivity contribution is -0.150. The number of halogens is 3. The first-order chi connectivity index (χ1) is 7.45. The second kappa shape index (κ2) is 5.34. The predicted molar refractivity (Wildman–Crippen MR) is 53.6 cm³/mol. The normalized spacial score (nSPS) is 15.1. The zero-order valence-electron chi connectivity index (χ0n) is 7.68. The van der Waals surface area contributed by atoms with E-state index in [2.05, 4.69) is 15.4 Å². The number of alkyl halides is 3. The van der Waals surface area contributed by atoms with Gasteiger partial charge < -0.3 is 10.9 Å². The highest BCUT2D eigenvalue weighted by Gasteiger charge is 2.42. The van der Waals surface area contributed by atoms with Gasteiger partial charge in [-0.2, -0.15) is 13.2 Å². The summed E-state index contributed by atoms with van der Waals surface area (Å²) in [4.78, 5) is 0. The minimum Gasteiger partial charge on any atom is -0.409 e. The van der Waals surface area contributed by atoms with Gasteiger partial charge >= 0.3 is 6.18 Å². The van der Waals surface area contributed by atoms with Crippen LogP contribution in [0.15, 0.2) is 15.0 Å². The fourth-order valence-electron chi connectivity index (χ4n) is 0.798. The van der Waals surface area contributed by atoms with E-state index < -0.39 is 23.7 Å². The van der Waals surface area contributed by atoms with E-state index in [1.165, 1.54) is 5.51 Å². The molecule has 1 unspecified atom stereocenters. The molecule has 10 heteroatoms. The molecule has 90 valence electrons. The van der Waals surface area contributed by atoms with Crippen LogP contribution in [0.3, 0.4) is 0 Å². The van der Waals surface area contributed by atoms with Crippen molar-refractivity contribution in [3.63, 3.8) is 0 Å². The molecule has 0 fully saturated rings. The van der Waals surface area contributed by atoms with E-state index in [1.54, 1.807) is 0 Å². The first-order valence-electron chi connectivity index (χ1n) is 3.88. The molecular formula is C6H7F3N4OS2. The Hall–Kier alpha value is -1.03. The standard InChI is InChI=1S/C6H7F3N4OS2/c7-6(8,9)3(4(10)13-14)1-15-5-12-11-2-16-5/h2-3,14H,1H2,(H2,10,13). The number of thioether (sulfide) groups is 1. The number of aromatic nitrogens is 2. The lowest BCUT2D eigenvalue weighted by atomic mass is 10.1. The quantitative estimate of drug-likeness (QED) is 0.286. The summed E-state index contributed by atoms with van der Waals surface area (Å²) in [5.74, 6) is -3.25. The van der Waals surface area contributed by atoms with Gasteiger partial charge in [-0.25, -0.2) is 0 Å². The molecule has 0 aliphatic heterocycles. The Morgan fingerprint density at radius 1 is 1.69 bits per heavy atom. The predicted octanol–water partition coefficient (Wildman–Crippen LogP) is 1.56. The van der Waals surface area contributed by atoms with Gasteiger partial charge in [-0.1, -0.05) is 28.3 Å². The van der Waals surface area contributed by atoms with Crippen molar-refractivity contribution in [3.05, 3.63) is 5.51 Å². The Balaban J connectivity index is 2.65.